The zero-order valence-corrected chi connectivity index (χ0v) is 11.5. The van der Waals surface area contributed by atoms with Crippen LogP contribution in [0.2, 0.25) is 0 Å². The monoisotopic (exact) mass is 270 g/mol. The fourth-order valence-electron chi connectivity index (χ4n) is 1.32. The third-order valence-electron chi connectivity index (χ3n) is 2.65. The van der Waals surface area contributed by atoms with Crippen molar-refractivity contribution in [2.24, 2.45) is 0 Å². The Balaban J connectivity index is 3.17. The normalized spacial score (nSPS) is 12.7. The lowest BCUT2D eigenvalue weighted by atomic mass is 10.3. The van der Waals surface area contributed by atoms with E-state index in [1.165, 1.54) is 0 Å². The van der Waals surface area contributed by atoms with Crippen LogP contribution in [-0.4, -0.2) is 57.0 Å². The molecule has 0 aliphatic carbocycles. The summed E-state index contributed by atoms with van der Waals surface area (Å²) in [4.78, 5) is 2.26. The minimum Gasteiger partial charge on any atom is -0.372 e. The second kappa shape index (κ2) is 9.58. The first-order valence-electron chi connectivity index (χ1n) is 6.38. The molecule has 0 heterocycles. The number of alkyl halides is 3. The van der Waals surface area contributed by atoms with Gasteiger partial charge in [-0.3, -0.25) is 0 Å². The van der Waals surface area contributed by atoms with Crippen LogP contribution in [0.5, 0.6) is 0 Å². The Labute approximate surface area is 108 Å². The number of rotatable bonds is 10. The zero-order chi connectivity index (χ0) is 14.0. The average Bonchev–Trinajstić information content (AvgIpc) is 2.24. The van der Waals surface area contributed by atoms with E-state index < -0.39 is 12.8 Å². The first-order valence-corrected chi connectivity index (χ1v) is 6.38. The summed E-state index contributed by atoms with van der Waals surface area (Å²) in [6.07, 6.45) is -2.57. The summed E-state index contributed by atoms with van der Waals surface area (Å²) in [6.45, 7) is 5.90. The van der Waals surface area contributed by atoms with Gasteiger partial charge in [-0.1, -0.05) is 0 Å². The minimum atomic E-state index is -4.21. The van der Waals surface area contributed by atoms with E-state index in [0.717, 1.165) is 19.5 Å². The summed E-state index contributed by atoms with van der Waals surface area (Å²) in [7, 11) is 2.08. The number of ether oxygens (including phenoxy) is 1. The minimum absolute atomic E-state index is 0.151. The molecule has 0 aromatic heterocycles. The first kappa shape index (κ1) is 17.7. The maximum Gasteiger partial charge on any atom is 0.411 e. The molecular weight excluding hydrogens is 245 g/mol. The number of hydrogen-bond acceptors (Lipinski definition) is 3. The lowest BCUT2D eigenvalue weighted by molar-refractivity contribution is -0.173. The maximum absolute atomic E-state index is 11.7. The van der Waals surface area contributed by atoms with E-state index in [1.807, 2.05) is 0 Å². The molecule has 0 saturated heterocycles. The highest BCUT2D eigenvalue weighted by atomic mass is 19.4. The van der Waals surface area contributed by atoms with Gasteiger partial charge in [0.05, 0.1) is 0 Å². The van der Waals surface area contributed by atoms with Gasteiger partial charge in [-0.25, -0.2) is 0 Å². The molecule has 0 amide bonds. The predicted molar refractivity (Wildman–Crippen MR) is 66.7 cm³/mol. The summed E-state index contributed by atoms with van der Waals surface area (Å²) in [5.41, 5.74) is 0. The van der Waals surface area contributed by atoms with Crippen molar-refractivity contribution >= 4 is 0 Å². The van der Waals surface area contributed by atoms with Crippen molar-refractivity contribution in [1.29, 1.82) is 0 Å². The molecule has 6 heteroatoms. The van der Waals surface area contributed by atoms with Crippen LogP contribution in [0.25, 0.3) is 0 Å². The standard InChI is InChI=1S/C12H25F3N2O/c1-11(2)17(3)8-4-6-16-7-5-9-18-10-12(13,14)15/h11,16H,4-10H2,1-3H3. The Kier molecular flexibility index (Phi) is 9.40. The van der Waals surface area contributed by atoms with E-state index in [1.54, 1.807) is 0 Å². The second-order valence-corrected chi connectivity index (χ2v) is 4.70. The smallest absolute Gasteiger partial charge is 0.372 e. The molecule has 0 aliphatic rings. The van der Waals surface area contributed by atoms with E-state index in [9.17, 15) is 13.2 Å². The number of hydrogen-bond donors (Lipinski definition) is 1. The fraction of sp³-hybridized carbons (Fsp3) is 1.00. The molecule has 0 radical (unpaired) electrons. The Morgan fingerprint density at radius 1 is 1.17 bits per heavy atom. The van der Waals surface area contributed by atoms with Crippen LogP contribution in [0, 0.1) is 0 Å². The summed E-state index contributed by atoms with van der Waals surface area (Å²) >= 11 is 0. The van der Waals surface area contributed by atoms with Crippen molar-refractivity contribution in [3.8, 4) is 0 Å². The molecule has 0 saturated carbocycles. The highest BCUT2D eigenvalue weighted by molar-refractivity contribution is 4.58. The van der Waals surface area contributed by atoms with Crippen molar-refractivity contribution in [1.82, 2.24) is 10.2 Å². The quantitative estimate of drug-likeness (QED) is 0.616. The van der Waals surface area contributed by atoms with Gasteiger partial charge < -0.3 is 15.0 Å². The highest BCUT2D eigenvalue weighted by Crippen LogP contribution is 2.14. The Bertz CT molecular complexity index is 198. The molecule has 0 aromatic carbocycles. The zero-order valence-electron chi connectivity index (χ0n) is 11.5. The molecule has 0 spiro atoms. The van der Waals surface area contributed by atoms with Crippen LogP contribution in [0.1, 0.15) is 26.7 Å². The molecule has 18 heavy (non-hydrogen) atoms. The third-order valence-corrected chi connectivity index (χ3v) is 2.65. The predicted octanol–water partition coefficient (Wildman–Crippen LogP) is 2.28. The maximum atomic E-state index is 11.7. The van der Waals surface area contributed by atoms with Crippen molar-refractivity contribution < 1.29 is 17.9 Å². The van der Waals surface area contributed by atoms with E-state index in [2.05, 4.69) is 35.8 Å². The van der Waals surface area contributed by atoms with Crippen molar-refractivity contribution in [3.63, 3.8) is 0 Å². The van der Waals surface area contributed by atoms with E-state index >= 15 is 0 Å². The lowest BCUT2D eigenvalue weighted by Crippen LogP contribution is -2.30. The Morgan fingerprint density at radius 3 is 2.33 bits per heavy atom. The van der Waals surface area contributed by atoms with Gasteiger partial charge in [0.15, 0.2) is 0 Å². The summed E-state index contributed by atoms with van der Waals surface area (Å²) in [5, 5.41) is 3.19. The topological polar surface area (TPSA) is 24.5 Å². The van der Waals surface area contributed by atoms with Crippen molar-refractivity contribution in [3.05, 3.63) is 0 Å². The largest absolute Gasteiger partial charge is 0.411 e. The van der Waals surface area contributed by atoms with Gasteiger partial charge >= 0.3 is 6.18 Å². The Morgan fingerprint density at radius 2 is 1.78 bits per heavy atom. The molecule has 0 aromatic rings. The van der Waals surface area contributed by atoms with E-state index in [0.29, 0.717) is 19.0 Å². The Hall–Kier alpha value is -0.330. The molecule has 0 fully saturated rings. The van der Waals surface area contributed by atoms with Gasteiger partial charge in [0.1, 0.15) is 6.61 Å². The highest BCUT2D eigenvalue weighted by Gasteiger charge is 2.27. The molecule has 0 bridgehead atoms. The van der Waals surface area contributed by atoms with Crippen LogP contribution in [-0.2, 0) is 4.74 Å². The van der Waals surface area contributed by atoms with Crippen LogP contribution >= 0.6 is 0 Å². The van der Waals surface area contributed by atoms with Crippen LogP contribution in [0.15, 0.2) is 0 Å². The van der Waals surface area contributed by atoms with Gasteiger partial charge in [-0.15, -0.1) is 0 Å². The number of halogens is 3. The van der Waals surface area contributed by atoms with Crippen molar-refractivity contribution in [2.75, 3.05) is 39.9 Å². The summed E-state index contributed by atoms with van der Waals surface area (Å²) in [6, 6.07) is 0.542. The number of nitrogens with one attached hydrogen (secondary N) is 1. The van der Waals surface area contributed by atoms with E-state index in [4.69, 9.17) is 0 Å². The summed E-state index contributed by atoms with van der Waals surface area (Å²) < 4.78 is 39.7. The number of nitrogens with zero attached hydrogens (tertiary/aromatic N) is 1. The molecule has 1 N–H and O–H groups in total. The molecule has 110 valence electrons. The van der Waals surface area contributed by atoms with Crippen LogP contribution < -0.4 is 5.32 Å². The van der Waals surface area contributed by atoms with Gasteiger partial charge in [0.2, 0.25) is 0 Å². The van der Waals surface area contributed by atoms with Crippen LogP contribution in [0.4, 0.5) is 13.2 Å². The molecular formula is C12H25F3N2O. The summed E-state index contributed by atoms with van der Waals surface area (Å²) in [5.74, 6) is 0. The SMILES string of the molecule is CC(C)N(C)CCCNCCCOCC(F)(F)F. The van der Waals surface area contributed by atoms with Gasteiger partial charge in [0.25, 0.3) is 0 Å². The molecule has 0 atom stereocenters. The van der Waals surface area contributed by atoms with Crippen LogP contribution in [0.3, 0.4) is 0 Å². The second-order valence-electron chi connectivity index (χ2n) is 4.70. The molecule has 0 aliphatic heterocycles. The molecule has 0 rings (SSSR count). The molecule has 3 nitrogen and oxygen atoms in total. The van der Waals surface area contributed by atoms with E-state index in [-0.39, 0.29) is 6.61 Å². The fourth-order valence-corrected chi connectivity index (χ4v) is 1.32. The average molecular weight is 270 g/mol. The molecule has 0 unspecified atom stereocenters. The van der Waals surface area contributed by atoms with Gasteiger partial charge in [-0.2, -0.15) is 13.2 Å². The third kappa shape index (κ3) is 12.1. The van der Waals surface area contributed by atoms with Gasteiger partial charge in [-0.05, 0) is 53.4 Å². The van der Waals surface area contributed by atoms with Crippen molar-refractivity contribution in [2.45, 2.75) is 38.9 Å². The first-order chi connectivity index (χ1) is 8.33. The lowest BCUT2D eigenvalue weighted by Gasteiger charge is -2.20. The van der Waals surface area contributed by atoms with Gasteiger partial charge in [0, 0.05) is 12.6 Å².